The van der Waals surface area contributed by atoms with Gasteiger partial charge in [-0.15, -0.1) is 0 Å². The smallest absolute Gasteiger partial charge is 0.314 e. The quantitative estimate of drug-likeness (QED) is 0.834. The van der Waals surface area contributed by atoms with Crippen molar-refractivity contribution in [1.82, 2.24) is 5.32 Å². The predicted octanol–water partition coefficient (Wildman–Crippen LogP) is 4.42. The molecule has 1 aromatic carbocycles. The van der Waals surface area contributed by atoms with Crippen LogP contribution in [0.3, 0.4) is 0 Å². The molecule has 0 bridgehead atoms. The van der Waals surface area contributed by atoms with Crippen LogP contribution in [0.5, 0.6) is 0 Å². The van der Waals surface area contributed by atoms with Crippen LogP contribution in [0.1, 0.15) is 32.1 Å². The molecule has 1 aliphatic carbocycles. The lowest BCUT2D eigenvalue weighted by molar-refractivity contribution is 0.255. The zero-order valence-corrected chi connectivity index (χ0v) is 11.8. The first kappa shape index (κ1) is 13.1. The number of allylic oxidation sites excluding steroid dienone is 1. The van der Waals surface area contributed by atoms with Gasteiger partial charge in [-0.25, -0.2) is 4.79 Å². The third-order valence-electron chi connectivity index (χ3n) is 3.01. The van der Waals surface area contributed by atoms with Crippen molar-refractivity contribution in [3.63, 3.8) is 0 Å². The number of carbonyl (C=O) groups excluding carboxylic acids is 1. The minimum atomic E-state index is -0.185. The fourth-order valence-corrected chi connectivity index (χ4v) is 2.28. The summed E-state index contributed by atoms with van der Waals surface area (Å²) in [7, 11) is 0. The molecule has 0 heterocycles. The Bertz CT molecular complexity index is 432. The lowest BCUT2D eigenvalue weighted by Crippen LogP contribution is -2.24. The van der Waals surface area contributed by atoms with E-state index in [1.54, 1.807) is 0 Å². The summed E-state index contributed by atoms with van der Waals surface area (Å²) in [5.74, 6) is 0. The van der Waals surface area contributed by atoms with E-state index in [0.717, 1.165) is 23.0 Å². The van der Waals surface area contributed by atoms with Gasteiger partial charge in [0, 0.05) is 16.4 Å². The number of hydrogen-bond acceptors (Lipinski definition) is 1. The number of benzene rings is 1. The van der Waals surface area contributed by atoms with E-state index in [4.69, 9.17) is 0 Å². The number of nitrogens with one attached hydrogen (secondary N) is 2. The number of urea groups is 1. The molecule has 2 rings (SSSR count). The molecule has 0 radical (unpaired) electrons. The maximum absolute atomic E-state index is 11.7. The lowest BCUT2D eigenvalue weighted by Gasteiger charge is -2.13. The second-order valence-electron chi connectivity index (χ2n) is 4.47. The first-order valence-corrected chi connectivity index (χ1v) is 7.04. The Hall–Kier alpha value is -1.29. The molecule has 4 heteroatoms. The van der Waals surface area contributed by atoms with Gasteiger partial charge in [-0.1, -0.05) is 27.9 Å². The van der Waals surface area contributed by atoms with E-state index in [2.05, 4.69) is 26.6 Å². The van der Waals surface area contributed by atoms with Crippen LogP contribution in [-0.4, -0.2) is 6.03 Å². The van der Waals surface area contributed by atoms with Crippen molar-refractivity contribution < 1.29 is 4.79 Å². The first-order valence-electron chi connectivity index (χ1n) is 6.25. The minimum Gasteiger partial charge on any atom is -0.314 e. The Morgan fingerprint density at radius 2 is 1.78 bits per heavy atom. The molecule has 0 saturated heterocycles. The standard InChI is InChI=1S/C14H17BrN2O/c15-12-6-8-13(9-7-12)17-14(18)16-10-11-4-2-1-3-5-11/h6-10H,1-5H2,(H2,16,17,18). The van der Waals surface area contributed by atoms with Crippen molar-refractivity contribution in [3.05, 3.63) is 40.5 Å². The van der Waals surface area contributed by atoms with Crippen LogP contribution in [0, 0.1) is 0 Å². The molecule has 0 unspecified atom stereocenters. The summed E-state index contributed by atoms with van der Waals surface area (Å²) in [6.07, 6.45) is 7.86. The summed E-state index contributed by atoms with van der Waals surface area (Å²) in [6.45, 7) is 0. The van der Waals surface area contributed by atoms with Gasteiger partial charge < -0.3 is 10.6 Å². The summed E-state index contributed by atoms with van der Waals surface area (Å²) < 4.78 is 0.998. The van der Waals surface area contributed by atoms with Gasteiger partial charge in [-0.2, -0.15) is 0 Å². The number of amides is 2. The molecule has 1 fully saturated rings. The van der Waals surface area contributed by atoms with Gasteiger partial charge in [0.25, 0.3) is 0 Å². The van der Waals surface area contributed by atoms with Gasteiger partial charge in [-0.05, 0) is 49.9 Å². The van der Waals surface area contributed by atoms with Crippen LogP contribution < -0.4 is 10.6 Å². The molecule has 2 amide bonds. The third-order valence-corrected chi connectivity index (χ3v) is 3.53. The molecule has 96 valence electrons. The molecule has 1 aromatic rings. The van der Waals surface area contributed by atoms with Crippen LogP contribution in [0.25, 0.3) is 0 Å². The summed E-state index contributed by atoms with van der Waals surface area (Å²) in [5, 5.41) is 5.58. The summed E-state index contributed by atoms with van der Waals surface area (Å²) in [5.41, 5.74) is 2.13. The highest BCUT2D eigenvalue weighted by Gasteiger charge is 2.05. The molecule has 0 atom stereocenters. The predicted molar refractivity (Wildman–Crippen MR) is 77.5 cm³/mol. The summed E-state index contributed by atoms with van der Waals surface area (Å²) in [4.78, 5) is 11.7. The van der Waals surface area contributed by atoms with Crippen molar-refractivity contribution in [2.75, 3.05) is 5.32 Å². The molecule has 1 saturated carbocycles. The fraction of sp³-hybridized carbons (Fsp3) is 0.357. The number of anilines is 1. The summed E-state index contributed by atoms with van der Waals surface area (Å²) in [6, 6.07) is 7.33. The highest BCUT2D eigenvalue weighted by Crippen LogP contribution is 2.21. The van der Waals surface area contributed by atoms with E-state index in [9.17, 15) is 4.79 Å². The molecular formula is C14H17BrN2O. The Morgan fingerprint density at radius 3 is 2.44 bits per heavy atom. The van der Waals surface area contributed by atoms with E-state index in [0.29, 0.717) is 0 Å². The number of rotatable bonds is 2. The van der Waals surface area contributed by atoms with Gasteiger partial charge in [0.2, 0.25) is 0 Å². The monoisotopic (exact) mass is 308 g/mol. The zero-order chi connectivity index (χ0) is 12.8. The Kier molecular flexibility index (Phi) is 4.81. The largest absolute Gasteiger partial charge is 0.323 e. The number of hydrogen-bond donors (Lipinski definition) is 2. The van der Waals surface area contributed by atoms with Crippen LogP contribution in [-0.2, 0) is 0 Å². The zero-order valence-electron chi connectivity index (χ0n) is 10.2. The maximum Gasteiger partial charge on any atom is 0.323 e. The highest BCUT2D eigenvalue weighted by atomic mass is 79.9. The minimum absolute atomic E-state index is 0.185. The van der Waals surface area contributed by atoms with Gasteiger partial charge >= 0.3 is 6.03 Å². The molecule has 18 heavy (non-hydrogen) atoms. The Balaban J connectivity index is 1.83. The van der Waals surface area contributed by atoms with Crippen molar-refractivity contribution in [1.29, 1.82) is 0 Å². The van der Waals surface area contributed by atoms with E-state index >= 15 is 0 Å². The average Bonchev–Trinajstić information content (AvgIpc) is 2.40. The van der Waals surface area contributed by atoms with Crippen LogP contribution in [0.4, 0.5) is 10.5 Å². The normalized spacial score (nSPS) is 15.1. The highest BCUT2D eigenvalue weighted by molar-refractivity contribution is 9.10. The van der Waals surface area contributed by atoms with Gasteiger partial charge in [-0.3, -0.25) is 0 Å². The molecule has 2 N–H and O–H groups in total. The molecule has 3 nitrogen and oxygen atoms in total. The Morgan fingerprint density at radius 1 is 1.11 bits per heavy atom. The third kappa shape index (κ3) is 4.18. The van der Waals surface area contributed by atoms with Crippen molar-refractivity contribution >= 4 is 27.6 Å². The molecule has 1 aliphatic rings. The molecular weight excluding hydrogens is 292 g/mol. The summed E-state index contributed by atoms with van der Waals surface area (Å²) >= 11 is 3.36. The van der Waals surface area contributed by atoms with Crippen molar-refractivity contribution in [3.8, 4) is 0 Å². The van der Waals surface area contributed by atoms with Crippen molar-refractivity contribution in [2.45, 2.75) is 32.1 Å². The van der Waals surface area contributed by atoms with Crippen LogP contribution >= 0.6 is 15.9 Å². The molecule has 0 aliphatic heterocycles. The fourth-order valence-electron chi connectivity index (χ4n) is 2.02. The average molecular weight is 309 g/mol. The molecule has 0 aromatic heterocycles. The van der Waals surface area contributed by atoms with Gasteiger partial charge in [0.1, 0.15) is 0 Å². The van der Waals surface area contributed by atoms with Crippen LogP contribution in [0.15, 0.2) is 40.5 Å². The van der Waals surface area contributed by atoms with E-state index in [1.165, 1.54) is 24.8 Å². The lowest BCUT2D eigenvalue weighted by atomic mass is 9.96. The van der Waals surface area contributed by atoms with Crippen molar-refractivity contribution in [2.24, 2.45) is 0 Å². The van der Waals surface area contributed by atoms with Gasteiger partial charge in [0.05, 0.1) is 0 Å². The Labute approximate surface area is 116 Å². The topological polar surface area (TPSA) is 41.1 Å². The van der Waals surface area contributed by atoms with Gasteiger partial charge in [0.15, 0.2) is 0 Å². The first-order chi connectivity index (χ1) is 8.74. The maximum atomic E-state index is 11.7. The van der Waals surface area contributed by atoms with Crippen LogP contribution in [0.2, 0.25) is 0 Å². The van der Waals surface area contributed by atoms with E-state index < -0.39 is 0 Å². The number of carbonyl (C=O) groups is 1. The SMILES string of the molecule is O=C(NC=C1CCCCC1)Nc1ccc(Br)cc1. The second kappa shape index (κ2) is 6.59. The second-order valence-corrected chi connectivity index (χ2v) is 5.38. The molecule has 0 spiro atoms. The van der Waals surface area contributed by atoms with E-state index in [1.807, 2.05) is 30.5 Å². The number of halogens is 1. The van der Waals surface area contributed by atoms with E-state index in [-0.39, 0.29) is 6.03 Å².